The molecular formula is C18H13F2NO. The molecular weight excluding hydrogens is 284 g/mol. The van der Waals surface area contributed by atoms with Crippen molar-refractivity contribution in [3.05, 3.63) is 78.0 Å². The molecule has 3 aromatic rings. The fourth-order valence-corrected chi connectivity index (χ4v) is 2.30. The first-order chi connectivity index (χ1) is 10.7. The SMILES string of the molecule is OCc1nc(-c2ccc(F)cc2)ccc1-c1ccc(F)cc1. The number of nitrogens with zero attached hydrogens (tertiary/aromatic N) is 1. The average molecular weight is 297 g/mol. The molecule has 0 radical (unpaired) electrons. The van der Waals surface area contributed by atoms with Crippen molar-refractivity contribution in [3.8, 4) is 22.4 Å². The van der Waals surface area contributed by atoms with E-state index in [9.17, 15) is 13.9 Å². The van der Waals surface area contributed by atoms with Gasteiger partial charge in [0.15, 0.2) is 0 Å². The summed E-state index contributed by atoms with van der Waals surface area (Å²) in [5.41, 5.74) is 3.43. The van der Waals surface area contributed by atoms with Crippen LogP contribution in [0, 0.1) is 11.6 Å². The topological polar surface area (TPSA) is 33.1 Å². The molecule has 0 spiro atoms. The van der Waals surface area contributed by atoms with Crippen LogP contribution in [0.25, 0.3) is 22.4 Å². The minimum Gasteiger partial charge on any atom is -0.390 e. The lowest BCUT2D eigenvalue weighted by molar-refractivity contribution is 0.277. The number of aliphatic hydroxyl groups is 1. The Hall–Kier alpha value is -2.59. The maximum Gasteiger partial charge on any atom is 0.123 e. The molecule has 0 aliphatic carbocycles. The molecule has 0 amide bonds. The van der Waals surface area contributed by atoms with Crippen LogP contribution in [0.5, 0.6) is 0 Å². The van der Waals surface area contributed by atoms with Crippen molar-refractivity contribution in [1.82, 2.24) is 4.98 Å². The van der Waals surface area contributed by atoms with Crippen LogP contribution >= 0.6 is 0 Å². The number of benzene rings is 2. The second-order valence-corrected chi connectivity index (χ2v) is 4.86. The van der Waals surface area contributed by atoms with Gasteiger partial charge in [0.1, 0.15) is 11.6 Å². The molecule has 2 aromatic carbocycles. The Morgan fingerprint density at radius 1 is 0.727 bits per heavy atom. The molecule has 22 heavy (non-hydrogen) atoms. The van der Waals surface area contributed by atoms with Crippen molar-refractivity contribution in [2.45, 2.75) is 6.61 Å². The van der Waals surface area contributed by atoms with E-state index in [0.717, 1.165) is 16.7 Å². The molecule has 110 valence electrons. The minimum atomic E-state index is -0.315. The standard InChI is InChI=1S/C18H13F2NO/c19-14-5-1-12(2-6-14)16-9-10-17(21-18(16)11-22)13-3-7-15(20)8-4-13/h1-10,22H,11H2. The van der Waals surface area contributed by atoms with Gasteiger partial charge in [-0.2, -0.15) is 0 Å². The molecule has 4 heteroatoms. The molecule has 0 saturated carbocycles. The van der Waals surface area contributed by atoms with Gasteiger partial charge in [0.25, 0.3) is 0 Å². The second kappa shape index (κ2) is 6.03. The summed E-state index contributed by atoms with van der Waals surface area (Å²) in [6.45, 7) is -0.234. The monoisotopic (exact) mass is 297 g/mol. The highest BCUT2D eigenvalue weighted by Crippen LogP contribution is 2.26. The summed E-state index contributed by atoms with van der Waals surface area (Å²) in [6, 6.07) is 15.6. The summed E-state index contributed by atoms with van der Waals surface area (Å²) in [5, 5.41) is 9.55. The molecule has 0 saturated heterocycles. The molecule has 2 nitrogen and oxygen atoms in total. The molecule has 0 atom stereocenters. The number of aliphatic hydroxyl groups excluding tert-OH is 1. The van der Waals surface area contributed by atoms with E-state index in [-0.39, 0.29) is 18.2 Å². The van der Waals surface area contributed by atoms with E-state index in [4.69, 9.17) is 0 Å². The summed E-state index contributed by atoms with van der Waals surface area (Å²) in [4.78, 5) is 4.42. The van der Waals surface area contributed by atoms with Crippen LogP contribution < -0.4 is 0 Å². The third-order valence-electron chi connectivity index (χ3n) is 3.42. The van der Waals surface area contributed by atoms with E-state index >= 15 is 0 Å². The number of pyridine rings is 1. The Morgan fingerprint density at radius 3 is 1.82 bits per heavy atom. The van der Waals surface area contributed by atoms with Crippen LogP contribution in [0.2, 0.25) is 0 Å². The molecule has 3 rings (SSSR count). The molecule has 0 aliphatic heterocycles. The van der Waals surface area contributed by atoms with Crippen molar-refractivity contribution in [2.24, 2.45) is 0 Å². The molecule has 1 N–H and O–H groups in total. The fraction of sp³-hybridized carbons (Fsp3) is 0.0556. The third kappa shape index (κ3) is 2.87. The van der Waals surface area contributed by atoms with Gasteiger partial charge < -0.3 is 5.11 Å². The first kappa shape index (κ1) is 14.4. The highest BCUT2D eigenvalue weighted by atomic mass is 19.1. The molecule has 1 heterocycles. The lowest BCUT2D eigenvalue weighted by atomic mass is 10.0. The summed E-state index contributed by atoms with van der Waals surface area (Å²) in [7, 11) is 0. The lowest BCUT2D eigenvalue weighted by Gasteiger charge is -2.10. The maximum atomic E-state index is 13.0. The number of aromatic nitrogens is 1. The van der Waals surface area contributed by atoms with Gasteiger partial charge >= 0.3 is 0 Å². The van der Waals surface area contributed by atoms with Crippen LogP contribution in [0.3, 0.4) is 0 Å². The first-order valence-corrected chi connectivity index (χ1v) is 6.80. The van der Waals surface area contributed by atoms with Gasteiger partial charge in [-0.05, 0) is 48.0 Å². The Bertz CT molecular complexity index is 783. The van der Waals surface area contributed by atoms with Gasteiger partial charge in [0.05, 0.1) is 18.0 Å². The summed E-state index contributed by atoms with van der Waals surface area (Å²) in [5.74, 6) is -0.626. The highest BCUT2D eigenvalue weighted by molar-refractivity contribution is 5.69. The van der Waals surface area contributed by atoms with Gasteiger partial charge in [-0.25, -0.2) is 13.8 Å². The number of halogens is 2. The van der Waals surface area contributed by atoms with Gasteiger partial charge in [0, 0.05) is 11.1 Å². The van der Waals surface area contributed by atoms with Gasteiger partial charge in [-0.3, -0.25) is 0 Å². The summed E-state index contributed by atoms with van der Waals surface area (Å²) in [6.07, 6.45) is 0. The zero-order chi connectivity index (χ0) is 15.5. The van der Waals surface area contributed by atoms with E-state index in [2.05, 4.69) is 4.98 Å². The fourth-order valence-electron chi connectivity index (χ4n) is 2.30. The molecule has 0 fully saturated rings. The number of hydrogen-bond acceptors (Lipinski definition) is 2. The van der Waals surface area contributed by atoms with Crippen molar-refractivity contribution in [1.29, 1.82) is 0 Å². The Balaban J connectivity index is 2.04. The lowest BCUT2D eigenvalue weighted by Crippen LogP contribution is -1.96. The van der Waals surface area contributed by atoms with Crippen molar-refractivity contribution in [3.63, 3.8) is 0 Å². The maximum absolute atomic E-state index is 13.0. The Morgan fingerprint density at radius 2 is 1.27 bits per heavy atom. The predicted octanol–water partition coefficient (Wildman–Crippen LogP) is 4.19. The third-order valence-corrected chi connectivity index (χ3v) is 3.42. The second-order valence-electron chi connectivity index (χ2n) is 4.86. The van der Waals surface area contributed by atoms with Gasteiger partial charge in [-0.15, -0.1) is 0 Å². The quantitative estimate of drug-likeness (QED) is 0.786. The normalized spacial score (nSPS) is 10.7. The average Bonchev–Trinajstić information content (AvgIpc) is 2.56. The van der Waals surface area contributed by atoms with Crippen LogP contribution in [0.15, 0.2) is 60.7 Å². The zero-order valence-corrected chi connectivity index (χ0v) is 11.6. The molecule has 0 aliphatic rings. The van der Waals surface area contributed by atoms with E-state index in [1.807, 2.05) is 6.07 Å². The van der Waals surface area contributed by atoms with Gasteiger partial charge in [0.2, 0.25) is 0 Å². The Kier molecular flexibility index (Phi) is 3.94. The van der Waals surface area contributed by atoms with Crippen LogP contribution in [-0.4, -0.2) is 10.1 Å². The van der Waals surface area contributed by atoms with Crippen molar-refractivity contribution < 1.29 is 13.9 Å². The summed E-state index contributed by atoms with van der Waals surface area (Å²) >= 11 is 0. The largest absolute Gasteiger partial charge is 0.390 e. The van der Waals surface area contributed by atoms with E-state index < -0.39 is 0 Å². The smallest absolute Gasteiger partial charge is 0.123 e. The van der Waals surface area contributed by atoms with E-state index in [1.165, 1.54) is 24.3 Å². The van der Waals surface area contributed by atoms with Gasteiger partial charge in [-0.1, -0.05) is 18.2 Å². The molecule has 0 unspecified atom stereocenters. The number of rotatable bonds is 3. The zero-order valence-electron chi connectivity index (χ0n) is 11.6. The minimum absolute atomic E-state index is 0.234. The van der Waals surface area contributed by atoms with Crippen LogP contribution in [-0.2, 0) is 6.61 Å². The Labute approximate surface area is 126 Å². The van der Waals surface area contributed by atoms with Crippen molar-refractivity contribution in [2.75, 3.05) is 0 Å². The number of hydrogen-bond donors (Lipinski definition) is 1. The van der Waals surface area contributed by atoms with Crippen LogP contribution in [0.4, 0.5) is 8.78 Å². The predicted molar refractivity (Wildman–Crippen MR) is 80.9 cm³/mol. The highest BCUT2D eigenvalue weighted by Gasteiger charge is 2.09. The summed E-state index contributed by atoms with van der Waals surface area (Å²) < 4.78 is 26.0. The van der Waals surface area contributed by atoms with Crippen LogP contribution in [0.1, 0.15) is 5.69 Å². The van der Waals surface area contributed by atoms with E-state index in [1.54, 1.807) is 30.3 Å². The first-order valence-electron chi connectivity index (χ1n) is 6.80. The molecule has 1 aromatic heterocycles. The van der Waals surface area contributed by atoms with E-state index in [0.29, 0.717) is 11.4 Å². The molecule has 0 bridgehead atoms. The van der Waals surface area contributed by atoms with Crippen molar-refractivity contribution >= 4 is 0 Å².